The SMILES string of the molecule is O=C1NCc2cc(CN3CCCC3)ccc2-n2cccc21. The van der Waals surface area contributed by atoms with Crippen LogP contribution in [-0.2, 0) is 13.1 Å². The Balaban J connectivity index is 1.69. The second-order valence-corrected chi connectivity index (χ2v) is 5.89. The first-order valence-electron chi connectivity index (χ1n) is 7.61. The number of nitrogens with one attached hydrogen (secondary N) is 1. The van der Waals surface area contributed by atoms with Crippen molar-refractivity contribution in [3.05, 3.63) is 53.3 Å². The summed E-state index contributed by atoms with van der Waals surface area (Å²) in [6.45, 7) is 4.02. The van der Waals surface area contributed by atoms with Crippen molar-refractivity contribution in [1.29, 1.82) is 0 Å². The first kappa shape index (κ1) is 12.7. The number of rotatable bonds is 2. The fraction of sp³-hybridized carbons (Fsp3) is 0.353. The first-order chi connectivity index (χ1) is 10.3. The van der Waals surface area contributed by atoms with Crippen LogP contribution in [-0.4, -0.2) is 28.5 Å². The number of likely N-dealkylation sites (tertiary alicyclic amines) is 1. The Bertz CT molecular complexity index is 683. The van der Waals surface area contributed by atoms with Crippen molar-refractivity contribution in [2.75, 3.05) is 13.1 Å². The molecule has 0 unspecified atom stereocenters. The summed E-state index contributed by atoms with van der Waals surface area (Å²) in [7, 11) is 0. The predicted molar refractivity (Wildman–Crippen MR) is 81.5 cm³/mol. The number of aromatic nitrogens is 1. The predicted octanol–water partition coefficient (Wildman–Crippen LogP) is 2.32. The third-order valence-electron chi connectivity index (χ3n) is 4.43. The summed E-state index contributed by atoms with van der Waals surface area (Å²) < 4.78 is 1.98. The van der Waals surface area contributed by atoms with Crippen LogP contribution in [0.4, 0.5) is 0 Å². The van der Waals surface area contributed by atoms with E-state index in [-0.39, 0.29) is 5.91 Å². The molecule has 1 N–H and O–H groups in total. The zero-order chi connectivity index (χ0) is 14.2. The third-order valence-corrected chi connectivity index (χ3v) is 4.43. The lowest BCUT2D eigenvalue weighted by molar-refractivity contribution is 0.0946. The average Bonchev–Trinajstić information content (AvgIpc) is 3.14. The molecular formula is C17H19N3O. The van der Waals surface area contributed by atoms with Gasteiger partial charge in [0.15, 0.2) is 0 Å². The molecule has 1 amide bonds. The maximum absolute atomic E-state index is 12.1. The van der Waals surface area contributed by atoms with E-state index >= 15 is 0 Å². The molecule has 1 saturated heterocycles. The molecule has 108 valence electrons. The van der Waals surface area contributed by atoms with Crippen LogP contribution >= 0.6 is 0 Å². The van der Waals surface area contributed by atoms with Crippen molar-refractivity contribution in [2.24, 2.45) is 0 Å². The molecule has 2 aliphatic heterocycles. The monoisotopic (exact) mass is 281 g/mol. The van der Waals surface area contributed by atoms with Gasteiger partial charge < -0.3 is 9.88 Å². The molecule has 1 aromatic carbocycles. The van der Waals surface area contributed by atoms with Gasteiger partial charge in [0, 0.05) is 19.3 Å². The van der Waals surface area contributed by atoms with Gasteiger partial charge in [0.1, 0.15) is 5.69 Å². The minimum absolute atomic E-state index is 0.00251. The topological polar surface area (TPSA) is 37.3 Å². The van der Waals surface area contributed by atoms with Crippen molar-refractivity contribution in [3.63, 3.8) is 0 Å². The Labute approximate surface area is 124 Å². The van der Waals surface area contributed by atoms with Gasteiger partial charge in [-0.1, -0.05) is 12.1 Å². The van der Waals surface area contributed by atoms with E-state index in [2.05, 4.69) is 28.4 Å². The lowest BCUT2D eigenvalue weighted by atomic mass is 10.1. The fourth-order valence-corrected chi connectivity index (χ4v) is 3.35. The van der Waals surface area contributed by atoms with Gasteiger partial charge in [0.2, 0.25) is 0 Å². The van der Waals surface area contributed by atoms with Gasteiger partial charge in [-0.15, -0.1) is 0 Å². The number of benzene rings is 1. The first-order valence-corrected chi connectivity index (χ1v) is 7.61. The Morgan fingerprint density at radius 2 is 2.00 bits per heavy atom. The number of carbonyl (C=O) groups is 1. The molecule has 0 saturated carbocycles. The van der Waals surface area contributed by atoms with Crippen LogP contribution in [0.2, 0.25) is 0 Å². The Morgan fingerprint density at radius 3 is 2.86 bits per heavy atom. The third kappa shape index (κ3) is 2.25. The molecule has 0 atom stereocenters. The molecule has 0 aliphatic carbocycles. The molecule has 0 spiro atoms. The molecule has 4 heteroatoms. The van der Waals surface area contributed by atoms with Crippen molar-refractivity contribution < 1.29 is 4.79 Å². The smallest absolute Gasteiger partial charge is 0.268 e. The number of carbonyl (C=O) groups excluding carboxylic acids is 1. The number of fused-ring (bicyclic) bond motifs is 3. The van der Waals surface area contributed by atoms with Gasteiger partial charge in [-0.05, 0) is 55.3 Å². The van der Waals surface area contributed by atoms with Gasteiger partial charge in [0.05, 0.1) is 5.69 Å². The van der Waals surface area contributed by atoms with Crippen molar-refractivity contribution in [1.82, 2.24) is 14.8 Å². The molecular weight excluding hydrogens is 262 g/mol. The molecule has 4 nitrogen and oxygen atoms in total. The second-order valence-electron chi connectivity index (χ2n) is 5.89. The van der Waals surface area contributed by atoms with E-state index in [1.54, 1.807) is 0 Å². The second kappa shape index (κ2) is 5.04. The summed E-state index contributed by atoms with van der Waals surface area (Å²) in [5.41, 5.74) is 4.34. The summed E-state index contributed by atoms with van der Waals surface area (Å²) >= 11 is 0. The highest BCUT2D eigenvalue weighted by molar-refractivity contribution is 5.94. The fourth-order valence-electron chi connectivity index (χ4n) is 3.35. The van der Waals surface area contributed by atoms with E-state index in [0.29, 0.717) is 12.2 Å². The van der Waals surface area contributed by atoms with E-state index in [4.69, 9.17) is 0 Å². The molecule has 1 fully saturated rings. The van der Waals surface area contributed by atoms with Gasteiger partial charge in [0.25, 0.3) is 5.91 Å². The highest BCUT2D eigenvalue weighted by atomic mass is 16.1. The van der Waals surface area contributed by atoms with Crippen LogP contribution in [0.3, 0.4) is 0 Å². The van der Waals surface area contributed by atoms with Crippen LogP contribution < -0.4 is 5.32 Å². The maximum atomic E-state index is 12.1. The van der Waals surface area contributed by atoms with E-state index in [9.17, 15) is 4.79 Å². The lowest BCUT2D eigenvalue weighted by Gasteiger charge is -2.16. The molecule has 21 heavy (non-hydrogen) atoms. The Morgan fingerprint density at radius 1 is 1.14 bits per heavy atom. The largest absolute Gasteiger partial charge is 0.347 e. The summed E-state index contributed by atoms with van der Waals surface area (Å²) in [5, 5.41) is 2.99. The van der Waals surface area contributed by atoms with Crippen molar-refractivity contribution >= 4 is 5.91 Å². The molecule has 2 aliphatic rings. The normalized spacial score (nSPS) is 18.0. The van der Waals surface area contributed by atoms with Gasteiger partial charge in [-0.2, -0.15) is 0 Å². The van der Waals surface area contributed by atoms with E-state index < -0.39 is 0 Å². The Hall–Kier alpha value is -2.07. The van der Waals surface area contributed by atoms with Crippen LogP contribution in [0, 0.1) is 0 Å². The average molecular weight is 281 g/mol. The van der Waals surface area contributed by atoms with Crippen LogP contribution in [0.1, 0.15) is 34.5 Å². The van der Waals surface area contributed by atoms with Gasteiger partial charge in [-0.25, -0.2) is 0 Å². The van der Waals surface area contributed by atoms with Gasteiger partial charge >= 0.3 is 0 Å². The number of nitrogens with zero attached hydrogens (tertiary/aromatic N) is 2. The van der Waals surface area contributed by atoms with Crippen molar-refractivity contribution in [3.8, 4) is 5.69 Å². The highest BCUT2D eigenvalue weighted by Crippen LogP contribution is 2.23. The van der Waals surface area contributed by atoms with E-state index in [1.165, 1.54) is 37.1 Å². The van der Waals surface area contributed by atoms with E-state index in [0.717, 1.165) is 12.2 Å². The summed E-state index contributed by atoms with van der Waals surface area (Å²) in [6.07, 6.45) is 4.58. The quantitative estimate of drug-likeness (QED) is 0.917. The number of hydrogen-bond acceptors (Lipinski definition) is 2. The molecule has 0 radical (unpaired) electrons. The summed E-state index contributed by atoms with van der Waals surface area (Å²) in [6, 6.07) is 10.4. The standard InChI is InChI=1S/C17H19N3O/c21-17-16-4-3-9-20(16)15-6-5-13(10-14(15)11-18-17)12-19-7-1-2-8-19/h3-6,9-10H,1-2,7-8,11-12H2,(H,18,21). The molecule has 1 aromatic heterocycles. The van der Waals surface area contributed by atoms with Crippen LogP contribution in [0.25, 0.3) is 5.69 Å². The molecule has 2 aromatic rings. The lowest BCUT2D eigenvalue weighted by Crippen LogP contribution is -2.21. The minimum atomic E-state index is -0.00251. The summed E-state index contributed by atoms with van der Waals surface area (Å²) in [5.74, 6) is -0.00251. The number of amides is 1. The minimum Gasteiger partial charge on any atom is -0.347 e. The zero-order valence-corrected chi connectivity index (χ0v) is 12.0. The van der Waals surface area contributed by atoms with Gasteiger partial charge in [-0.3, -0.25) is 9.69 Å². The molecule has 4 rings (SSSR count). The zero-order valence-electron chi connectivity index (χ0n) is 12.0. The maximum Gasteiger partial charge on any atom is 0.268 e. The molecule has 3 heterocycles. The van der Waals surface area contributed by atoms with Crippen molar-refractivity contribution in [2.45, 2.75) is 25.9 Å². The van der Waals surface area contributed by atoms with E-state index in [1.807, 2.05) is 22.9 Å². The highest BCUT2D eigenvalue weighted by Gasteiger charge is 2.19. The number of hydrogen-bond donors (Lipinski definition) is 1. The Kier molecular flexibility index (Phi) is 3.04. The summed E-state index contributed by atoms with van der Waals surface area (Å²) in [4.78, 5) is 14.6. The van der Waals surface area contributed by atoms with Crippen LogP contribution in [0.5, 0.6) is 0 Å². The van der Waals surface area contributed by atoms with Crippen LogP contribution in [0.15, 0.2) is 36.5 Å². The molecule has 0 bridgehead atoms.